The van der Waals surface area contributed by atoms with E-state index in [1.807, 2.05) is 24.3 Å². The van der Waals surface area contributed by atoms with Crippen molar-refractivity contribution in [1.29, 1.82) is 0 Å². The van der Waals surface area contributed by atoms with Gasteiger partial charge in [0.2, 0.25) is 0 Å². The zero-order valence-corrected chi connectivity index (χ0v) is 30.3. The molecule has 4 nitrogen and oxygen atoms in total. The summed E-state index contributed by atoms with van der Waals surface area (Å²) < 4.78 is 4.69. The molecule has 10 aromatic rings. The number of para-hydroxylation sites is 2. The molecule has 0 bridgehead atoms. The predicted octanol–water partition coefficient (Wildman–Crippen LogP) is 12.9. The Balaban J connectivity index is 1.13. The fraction of sp³-hybridized carbons (Fsp3) is 0.0800. The highest BCUT2D eigenvalue weighted by molar-refractivity contribution is 6.12. The summed E-state index contributed by atoms with van der Waals surface area (Å²) in [6.07, 6.45) is 1.09. The molecule has 3 heterocycles. The summed E-state index contributed by atoms with van der Waals surface area (Å²) in [5, 5.41) is 4.88. The standard InChI is InChI=1S/C50H38N4/c1-33(2)29-34-21-25-39(26-22-34)53-45-19-11-9-17-40(45)42-30-37(23-27-47(42)53)38-24-28-48-43(31-38)41-18-10-12-20-46(41)54(48)49-32-44(35-13-5-3-6-14-35)51-50(52-49)36-15-7-4-8-16-36/h3-28,30-33H,29H2,1-2H3. The Morgan fingerprint density at radius 1 is 0.426 bits per heavy atom. The van der Waals surface area contributed by atoms with Gasteiger partial charge in [-0.3, -0.25) is 4.57 Å². The molecule has 0 amide bonds. The first-order valence-electron chi connectivity index (χ1n) is 18.8. The van der Waals surface area contributed by atoms with E-state index in [2.05, 4.69) is 175 Å². The summed E-state index contributed by atoms with van der Waals surface area (Å²) in [4.78, 5) is 10.3. The van der Waals surface area contributed by atoms with Crippen LogP contribution in [0, 0.1) is 5.92 Å². The molecular weight excluding hydrogens is 657 g/mol. The van der Waals surface area contributed by atoms with E-state index >= 15 is 0 Å². The van der Waals surface area contributed by atoms with Crippen molar-refractivity contribution in [2.45, 2.75) is 20.3 Å². The van der Waals surface area contributed by atoms with Crippen LogP contribution in [-0.4, -0.2) is 19.1 Å². The van der Waals surface area contributed by atoms with E-state index in [0.717, 1.165) is 40.1 Å². The van der Waals surface area contributed by atoms with Crippen LogP contribution in [-0.2, 0) is 6.42 Å². The first-order chi connectivity index (χ1) is 26.6. The first-order valence-corrected chi connectivity index (χ1v) is 18.8. The number of rotatable bonds is 7. The summed E-state index contributed by atoms with van der Waals surface area (Å²) >= 11 is 0. The molecule has 258 valence electrons. The van der Waals surface area contributed by atoms with Gasteiger partial charge in [0, 0.05) is 44.4 Å². The van der Waals surface area contributed by atoms with Crippen LogP contribution < -0.4 is 0 Å². The SMILES string of the molecule is CC(C)Cc1ccc(-n2c3ccccc3c3cc(-c4ccc5c(c4)c4ccccc4n5-c4cc(-c5ccccc5)nc(-c5ccccc5)n4)ccc32)cc1. The summed E-state index contributed by atoms with van der Waals surface area (Å²) in [5.74, 6) is 2.17. The first kappa shape index (κ1) is 31.9. The minimum Gasteiger partial charge on any atom is -0.309 e. The Labute approximate surface area is 314 Å². The maximum Gasteiger partial charge on any atom is 0.162 e. The van der Waals surface area contributed by atoms with Crippen LogP contribution >= 0.6 is 0 Å². The van der Waals surface area contributed by atoms with Crippen molar-refractivity contribution in [2.75, 3.05) is 0 Å². The van der Waals surface area contributed by atoms with Crippen molar-refractivity contribution in [2.24, 2.45) is 5.92 Å². The minimum atomic E-state index is 0.630. The number of fused-ring (bicyclic) bond motifs is 6. The molecule has 0 spiro atoms. The third-order valence-electron chi connectivity index (χ3n) is 10.6. The van der Waals surface area contributed by atoms with E-state index in [0.29, 0.717) is 11.7 Å². The van der Waals surface area contributed by atoms with Crippen molar-refractivity contribution < 1.29 is 0 Å². The van der Waals surface area contributed by atoms with E-state index in [4.69, 9.17) is 9.97 Å². The summed E-state index contributed by atoms with van der Waals surface area (Å²) in [7, 11) is 0. The highest BCUT2D eigenvalue weighted by atomic mass is 15.1. The van der Waals surface area contributed by atoms with Crippen LogP contribution in [0.3, 0.4) is 0 Å². The Bertz CT molecular complexity index is 2910. The smallest absolute Gasteiger partial charge is 0.162 e. The van der Waals surface area contributed by atoms with E-state index < -0.39 is 0 Å². The van der Waals surface area contributed by atoms with Crippen molar-refractivity contribution in [3.8, 4) is 45.3 Å². The second kappa shape index (κ2) is 13.0. The molecule has 54 heavy (non-hydrogen) atoms. The molecule has 0 saturated carbocycles. The summed E-state index contributed by atoms with van der Waals surface area (Å²) in [6.45, 7) is 4.55. The predicted molar refractivity (Wildman–Crippen MR) is 226 cm³/mol. The van der Waals surface area contributed by atoms with Gasteiger partial charge in [0.25, 0.3) is 0 Å². The van der Waals surface area contributed by atoms with Gasteiger partial charge in [-0.15, -0.1) is 0 Å². The Kier molecular flexibility index (Phi) is 7.69. The van der Waals surface area contributed by atoms with Crippen LogP contribution in [0.1, 0.15) is 19.4 Å². The van der Waals surface area contributed by atoms with Crippen molar-refractivity contribution >= 4 is 43.6 Å². The minimum absolute atomic E-state index is 0.630. The fourth-order valence-corrected chi connectivity index (χ4v) is 8.10. The Morgan fingerprint density at radius 2 is 0.944 bits per heavy atom. The van der Waals surface area contributed by atoms with Gasteiger partial charge in [-0.05, 0) is 77.6 Å². The number of hydrogen-bond acceptors (Lipinski definition) is 2. The average Bonchev–Trinajstić information content (AvgIpc) is 3.74. The molecule has 10 rings (SSSR count). The molecule has 0 atom stereocenters. The quantitative estimate of drug-likeness (QED) is 0.166. The molecule has 0 saturated heterocycles. The maximum atomic E-state index is 5.21. The van der Waals surface area contributed by atoms with Gasteiger partial charge in [-0.25, -0.2) is 9.97 Å². The second-order valence-electron chi connectivity index (χ2n) is 14.6. The zero-order valence-electron chi connectivity index (χ0n) is 30.3. The second-order valence-corrected chi connectivity index (χ2v) is 14.6. The number of nitrogens with zero attached hydrogens (tertiary/aromatic N) is 4. The molecule has 0 N–H and O–H groups in total. The van der Waals surface area contributed by atoms with Crippen molar-refractivity contribution in [1.82, 2.24) is 19.1 Å². The van der Waals surface area contributed by atoms with Gasteiger partial charge in [0.05, 0.1) is 27.8 Å². The number of benzene rings is 7. The van der Waals surface area contributed by atoms with Gasteiger partial charge in [0.1, 0.15) is 5.82 Å². The van der Waals surface area contributed by atoms with Gasteiger partial charge in [-0.1, -0.05) is 135 Å². The van der Waals surface area contributed by atoms with Crippen LogP contribution in [0.5, 0.6) is 0 Å². The lowest BCUT2D eigenvalue weighted by Gasteiger charge is -2.12. The Hall–Kier alpha value is -6.78. The monoisotopic (exact) mass is 694 g/mol. The lowest BCUT2D eigenvalue weighted by molar-refractivity contribution is 0.647. The molecule has 0 fully saturated rings. The van der Waals surface area contributed by atoms with Crippen molar-refractivity contribution in [3.05, 3.63) is 181 Å². The molecule has 0 aliphatic heterocycles. The summed E-state index contributed by atoms with van der Waals surface area (Å²) in [5.41, 5.74) is 12.5. The number of aromatic nitrogens is 4. The van der Waals surface area contributed by atoms with Crippen molar-refractivity contribution in [3.63, 3.8) is 0 Å². The topological polar surface area (TPSA) is 35.6 Å². The van der Waals surface area contributed by atoms with E-state index in [9.17, 15) is 0 Å². The molecule has 3 aromatic heterocycles. The Morgan fingerprint density at radius 3 is 1.56 bits per heavy atom. The lowest BCUT2D eigenvalue weighted by atomic mass is 10.0. The van der Waals surface area contributed by atoms with Gasteiger partial charge < -0.3 is 4.57 Å². The number of hydrogen-bond donors (Lipinski definition) is 0. The van der Waals surface area contributed by atoms with Crippen LogP contribution in [0.15, 0.2) is 176 Å². The van der Waals surface area contributed by atoms with Crippen LogP contribution in [0.25, 0.3) is 88.9 Å². The molecule has 0 aliphatic rings. The molecule has 0 unspecified atom stereocenters. The highest BCUT2D eigenvalue weighted by Crippen LogP contribution is 2.38. The van der Waals surface area contributed by atoms with Gasteiger partial charge in [-0.2, -0.15) is 0 Å². The van der Waals surface area contributed by atoms with Crippen LogP contribution in [0.4, 0.5) is 0 Å². The van der Waals surface area contributed by atoms with Crippen LogP contribution in [0.2, 0.25) is 0 Å². The van der Waals surface area contributed by atoms with E-state index in [1.165, 1.54) is 55.0 Å². The molecule has 4 heteroatoms. The van der Waals surface area contributed by atoms with Gasteiger partial charge in [0.15, 0.2) is 5.82 Å². The molecular formula is C50H38N4. The maximum absolute atomic E-state index is 5.21. The fourth-order valence-electron chi connectivity index (χ4n) is 8.10. The highest BCUT2D eigenvalue weighted by Gasteiger charge is 2.18. The summed E-state index contributed by atoms with van der Waals surface area (Å²) in [6, 6.07) is 63.0. The zero-order chi connectivity index (χ0) is 36.2. The molecule has 0 aliphatic carbocycles. The molecule has 0 radical (unpaired) electrons. The normalized spacial score (nSPS) is 11.8. The molecule has 7 aromatic carbocycles. The van der Waals surface area contributed by atoms with Gasteiger partial charge >= 0.3 is 0 Å². The van der Waals surface area contributed by atoms with E-state index in [1.54, 1.807) is 0 Å². The third-order valence-corrected chi connectivity index (χ3v) is 10.6. The van der Waals surface area contributed by atoms with E-state index in [-0.39, 0.29) is 0 Å². The average molecular weight is 695 g/mol. The third kappa shape index (κ3) is 5.46. The largest absolute Gasteiger partial charge is 0.309 e. The lowest BCUT2D eigenvalue weighted by Crippen LogP contribution is -2.02.